The SMILES string of the molecule is O=C(c1ccc(O)cc1F)N(CCBr)C1CCC1. The summed E-state index contributed by atoms with van der Waals surface area (Å²) >= 11 is 3.31. The van der Waals surface area contributed by atoms with Gasteiger partial charge in [0.25, 0.3) is 5.91 Å². The summed E-state index contributed by atoms with van der Waals surface area (Å²) in [7, 11) is 0. The number of rotatable bonds is 4. The molecule has 1 aromatic rings. The molecule has 1 amide bonds. The van der Waals surface area contributed by atoms with Gasteiger partial charge in [-0.05, 0) is 31.4 Å². The molecule has 1 aliphatic rings. The first kappa shape index (κ1) is 13.3. The zero-order valence-corrected chi connectivity index (χ0v) is 11.5. The first-order valence-electron chi connectivity index (χ1n) is 5.99. The summed E-state index contributed by atoms with van der Waals surface area (Å²) in [4.78, 5) is 14.0. The number of benzene rings is 1. The van der Waals surface area contributed by atoms with Gasteiger partial charge >= 0.3 is 0 Å². The minimum Gasteiger partial charge on any atom is -0.508 e. The maximum atomic E-state index is 13.7. The summed E-state index contributed by atoms with van der Waals surface area (Å²) in [6.07, 6.45) is 3.09. The van der Waals surface area contributed by atoms with Crippen molar-refractivity contribution in [3.05, 3.63) is 29.6 Å². The van der Waals surface area contributed by atoms with Crippen molar-refractivity contribution < 1.29 is 14.3 Å². The minimum atomic E-state index is -0.668. The molecular weight excluding hydrogens is 301 g/mol. The second-order valence-electron chi connectivity index (χ2n) is 4.44. The molecule has 1 aromatic carbocycles. The molecule has 0 aliphatic heterocycles. The van der Waals surface area contributed by atoms with E-state index in [9.17, 15) is 9.18 Å². The van der Waals surface area contributed by atoms with Crippen LogP contribution in [0.3, 0.4) is 0 Å². The number of amides is 1. The highest BCUT2D eigenvalue weighted by Gasteiger charge is 2.30. The van der Waals surface area contributed by atoms with Crippen LogP contribution in [0.4, 0.5) is 4.39 Å². The highest BCUT2D eigenvalue weighted by Crippen LogP contribution is 2.27. The van der Waals surface area contributed by atoms with Gasteiger partial charge in [0.05, 0.1) is 5.56 Å². The first-order chi connectivity index (χ1) is 8.63. The molecule has 1 fully saturated rings. The maximum Gasteiger partial charge on any atom is 0.257 e. The highest BCUT2D eigenvalue weighted by atomic mass is 79.9. The fourth-order valence-electron chi connectivity index (χ4n) is 2.07. The van der Waals surface area contributed by atoms with Crippen LogP contribution in [0, 0.1) is 5.82 Å². The lowest BCUT2D eigenvalue weighted by Gasteiger charge is -2.37. The molecule has 0 aromatic heterocycles. The van der Waals surface area contributed by atoms with E-state index in [1.807, 2.05) is 0 Å². The van der Waals surface area contributed by atoms with E-state index in [2.05, 4.69) is 15.9 Å². The molecule has 98 valence electrons. The van der Waals surface area contributed by atoms with Gasteiger partial charge in [-0.1, -0.05) is 15.9 Å². The van der Waals surface area contributed by atoms with E-state index >= 15 is 0 Å². The Kier molecular flexibility index (Phi) is 4.22. The molecule has 0 atom stereocenters. The van der Waals surface area contributed by atoms with Crippen molar-refractivity contribution in [2.75, 3.05) is 11.9 Å². The molecule has 0 unspecified atom stereocenters. The molecule has 18 heavy (non-hydrogen) atoms. The van der Waals surface area contributed by atoms with Gasteiger partial charge in [-0.25, -0.2) is 4.39 Å². The van der Waals surface area contributed by atoms with Gasteiger partial charge in [0.1, 0.15) is 11.6 Å². The average molecular weight is 316 g/mol. The van der Waals surface area contributed by atoms with E-state index in [0.29, 0.717) is 11.9 Å². The second kappa shape index (κ2) is 5.69. The Bertz CT molecular complexity index is 449. The predicted molar refractivity (Wildman–Crippen MR) is 70.5 cm³/mol. The van der Waals surface area contributed by atoms with Gasteiger partial charge in [-0.3, -0.25) is 4.79 Å². The third-order valence-corrected chi connectivity index (χ3v) is 3.64. The Labute approximate surface area is 114 Å². The van der Waals surface area contributed by atoms with Crippen LogP contribution in [0.2, 0.25) is 0 Å². The summed E-state index contributed by atoms with van der Waals surface area (Å²) in [5.41, 5.74) is 0.0284. The number of phenolic OH excluding ortho intramolecular Hbond substituents is 1. The van der Waals surface area contributed by atoms with Crippen molar-refractivity contribution in [2.24, 2.45) is 0 Å². The van der Waals surface area contributed by atoms with Crippen LogP contribution in [0.15, 0.2) is 18.2 Å². The molecule has 5 heteroatoms. The number of hydrogen-bond donors (Lipinski definition) is 1. The Morgan fingerprint density at radius 1 is 1.50 bits per heavy atom. The molecule has 1 N–H and O–H groups in total. The van der Waals surface area contributed by atoms with Crippen molar-refractivity contribution in [3.63, 3.8) is 0 Å². The number of alkyl halides is 1. The number of aromatic hydroxyl groups is 1. The van der Waals surface area contributed by atoms with Gasteiger partial charge in [0.15, 0.2) is 0 Å². The van der Waals surface area contributed by atoms with Gasteiger partial charge in [0, 0.05) is 24.0 Å². The lowest BCUT2D eigenvalue weighted by molar-refractivity contribution is 0.0595. The van der Waals surface area contributed by atoms with E-state index in [0.717, 1.165) is 25.3 Å². The minimum absolute atomic E-state index is 0.0284. The van der Waals surface area contributed by atoms with Crippen LogP contribution < -0.4 is 0 Å². The van der Waals surface area contributed by atoms with Crippen LogP contribution >= 0.6 is 15.9 Å². The van der Waals surface area contributed by atoms with E-state index in [-0.39, 0.29) is 23.3 Å². The van der Waals surface area contributed by atoms with Crippen LogP contribution in [0.25, 0.3) is 0 Å². The molecule has 0 spiro atoms. The van der Waals surface area contributed by atoms with E-state index in [4.69, 9.17) is 5.11 Å². The summed E-state index contributed by atoms with van der Waals surface area (Å²) < 4.78 is 13.7. The highest BCUT2D eigenvalue weighted by molar-refractivity contribution is 9.09. The maximum absolute atomic E-state index is 13.7. The normalized spacial score (nSPS) is 15.2. The Balaban J connectivity index is 2.21. The number of phenols is 1. The van der Waals surface area contributed by atoms with Crippen LogP contribution in [0.1, 0.15) is 29.6 Å². The van der Waals surface area contributed by atoms with Crippen molar-refractivity contribution in [3.8, 4) is 5.75 Å². The van der Waals surface area contributed by atoms with E-state index < -0.39 is 5.82 Å². The average Bonchev–Trinajstić information content (AvgIpc) is 2.25. The topological polar surface area (TPSA) is 40.5 Å². The Morgan fingerprint density at radius 2 is 2.22 bits per heavy atom. The zero-order chi connectivity index (χ0) is 13.1. The number of carbonyl (C=O) groups excluding carboxylic acids is 1. The summed E-state index contributed by atoms with van der Waals surface area (Å²) in [6, 6.07) is 3.87. The third kappa shape index (κ3) is 2.66. The third-order valence-electron chi connectivity index (χ3n) is 3.28. The molecular formula is C13H15BrFNO2. The van der Waals surface area contributed by atoms with E-state index in [1.165, 1.54) is 12.1 Å². The van der Waals surface area contributed by atoms with Gasteiger partial charge in [-0.15, -0.1) is 0 Å². The molecule has 2 rings (SSSR count). The van der Waals surface area contributed by atoms with Crippen LogP contribution in [-0.4, -0.2) is 33.8 Å². The molecule has 1 saturated carbocycles. The van der Waals surface area contributed by atoms with Gasteiger partial charge in [-0.2, -0.15) is 0 Å². The lowest BCUT2D eigenvalue weighted by atomic mass is 9.91. The van der Waals surface area contributed by atoms with Gasteiger partial charge < -0.3 is 10.0 Å². The fourth-order valence-corrected chi connectivity index (χ4v) is 2.45. The number of halogens is 2. The molecule has 0 heterocycles. The number of carbonyl (C=O) groups is 1. The molecule has 3 nitrogen and oxygen atoms in total. The lowest BCUT2D eigenvalue weighted by Crippen LogP contribution is -2.45. The van der Waals surface area contributed by atoms with Crippen molar-refractivity contribution >= 4 is 21.8 Å². The molecule has 0 bridgehead atoms. The standard InChI is InChI=1S/C13H15BrFNO2/c14-6-7-16(9-2-1-3-9)13(18)11-5-4-10(17)8-12(11)15/h4-5,8-9,17H,1-3,6-7H2. The van der Waals surface area contributed by atoms with Crippen molar-refractivity contribution in [1.29, 1.82) is 0 Å². The summed E-state index contributed by atoms with van der Waals surface area (Å²) in [6.45, 7) is 0.573. The van der Waals surface area contributed by atoms with Crippen molar-refractivity contribution in [2.45, 2.75) is 25.3 Å². The predicted octanol–water partition coefficient (Wildman–Crippen LogP) is 2.92. The summed E-state index contributed by atoms with van der Waals surface area (Å²) in [5, 5.41) is 9.83. The molecule has 0 saturated heterocycles. The van der Waals surface area contributed by atoms with Crippen LogP contribution in [0.5, 0.6) is 5.75 Å². The fraction of sp³-hybridized carbons (Fsp3) is 0.462. The Morgan fingerprint density at radius 3 is 2.72 bits per heavy atom. The monoisotopic (exact) mass is 315 g/mol. The zero-order valence-electron chi connectivity index (χ0n) is 9.90. The number of hydrogen-bond acceptors (Lipinski definition) is 2. The second-order valence-corrected chi connectivity index (χ2v) is 5.23. The first-order valence-corrected chi connectivity index (χ1v) is 7.11. The van der Waals surface area contributed by atoms with Gasteiger partial charge in [0.2, 0.25) is 0 Å². The molecule has 0 radical (unpaired) electrons. The summed E-state index contributed by atoms with van der Waals surface area (Å²) in [5.74, 6) is -1.13. The van der Waals surface area contributed by atoms with Crippen LogP contribution in [-0.2, 0) is 0 Å². The smallest absolute Gasteiger partial charge is 0.257 e. The number of nitrogens with zero attached hydrogens (tertiary/aromatic N) is 1. The quantitative estimate of drug-likeness (QED) is 0.868. The molecule has 1 aliphatic carbocycles. The largest absolute Gasteiger partial charge is 0.508 e. The van der Waals surface area contributed by atoms with E-state index in [1.54, 1.807) is 4.90 Å². The van der Waals surface area contributed by atoms with Crippen molar-refractivity contribution in [1.82, 2.24) is 4.90 Å². The Hall–Kier alpha value is -1.10.